The van der Waals surface area contributed by atoms with Gasteiger partial charge in [0.15, 0.2) is 9.84 Å². The Morgan fingerprint density at radius 2 is 2.07 bits per heavy atom. The minimum Gasteiger partial charge on any atom is -0.395 e. The van der Waals surface area contributed by atoms with Gasteiger partial charge in [0.05, 0.1) is 11.4 Å². The summed E-state index contributed by atoms with van der Waals surface area (Å²) in [4.78, 5) is 0. The van der Waals surface area contributed by atoms with E-state index in [1.807, 2.05) is 22.6 Å². The second kappa shape index (κ2) is 4.01. The molecule has 0 radical (unpaired) electrons. The molecule has 0 aromatic heterocycles. The van der Waals surface area contributed by atoms with Crippen LogP contribution in [0.15, 0.2) is 12.1 Å². The maximum Gasteiger partial charge on any atom is 0.151 e. The predicted octanol–water partition coefficient (Wildman–Crippen LogP) is 1.56. The van der Waals surface area contributed by atoms with E-state index in [0.29, 0.717) is 9.13 Å². The number of hydrogen-bond donors (Lipinski definition) is 1. The first kappa shape index (κ1) is 11.7. The summed E-state index contributed by atoms with van der Waals surface area (Å²) >= 11 is 1.87. The zero-order valence-electron chi connectivity index (χ0n) is 7.42. The van der Waals surface area contributed by atoms with Crippen molar-refractivity contribution in [3.63, 3.8) is 0 Å². The monoisotopic (exact) mass is 329 g/mol. The summed E-state index contributed by atoms with van der Waals surface area (Å²) in [5, 5.41) is 0. The predicted molar refractivity (Wildman–Crippen MR) is 62.1 cm³/mol. The average molecular weight is 329 g/mol. The molecule has 0 saturated heterocycles. The van der Waals surface area contributed by atoms with E-state index < -0.39 is 15.7 Å². The van der Waals surface area contributed by atoms with Gasteiger partial charge < -0.3 is 5.73 Å². The van der Waals surface area contributed by atoms with Crippen LogP contribution in [0.4, 0.5) is 10.1 Å². The van der Waals surface area contributed by atoms with Crippen LogP contribution in [0.2, 0.25) is 0 Å². The SMILES string of the molecule is CS(=O)(=O)Cc1cc(F)c(N)c(I)c1. The molecule has 1 aromatic rings. The van der Waals surface area contributed by atoms with Gasteiger partial charge >= 0.3 is 0 Å². The zero-order chi connectivity index (χ0) is 10.9. The van der Waals surface area contributed by atoms with Crippen molar-refractivity contribution in [2.75, 3.05) is 12.0 Å². The van der Waals surface area contributed by atoms with Gasteiger partial charge in [-0.3, -0.25) is 0 Å². The van der Waals surface area contributed by atoms with Crippen LogP contribution in [0.5, 0.6) is 0 Å². The highest BCUT2D eigenvalue weighted by Crippen LogP contribution is 2.21. The lowest BCUT2D eigenvalue weighted by atomic mass is 10.2. The van der Waals surface area contributed by atoms with Gasteiger partial charge in [-0.1, -0.05) is 0 Å². The molecule has 0 bridgehead atoms. The third-order valence-electron chi connectivity index (χ3n) is 1.57. The second-order valence-electron chi connectivity index (χ2n) is 3.04. The molecule has 0 aliphatic carbocycles. The smallest absolute Gasteiger partial charge is 0.151 e. The second-order valence-corrected chi connectivity index (χ2v) is 6.35. The van der Waals surface area contributed by atoms with Crippen molar-refractivity contribution < 1.29 is 12.8 Å². The fraction of sp³-hybridized carbons (Fsp3) is 0.250. The van der Waals surface area contributed by atoms with Gasteiger partial charge in [-0.25, -0.2) is 12.8 Å². The Labute approximate surface area is 95.6 Å². The maximum absolute atomic E-state index is 13.1. The number of halogens is 2. The van der Waals surface area contributed by atoms with Gasteiger partial charge in [-0.05, 0) is 40.3 Å². The molecule has 0 amide bonds. The number of nitrogen functional groups attached to an aromatic ring is 1. The molecule has 0 fully saturated rings. The Balaban J connectivity index is 3.14. The normalized spacial score (nSPS) is 11.6. The number of hydrogen-bond acceptors (Lipinski definition) is 3. The first-order valence-electron chi connectivity index (χ1n) is 3.71. The highest BCUT2D eigenvalue weighted by molar-refractivity contribution is 14.1. The minimum absolute atomic E-state index is 0.0582. The van der Waals surface area contributed by atoms with Gasteiger partial charge in [0.25, 0.3) is 0 Å². The van der Waals surface area contributed by atoms with Gasteiger partial charge in [-0.2, -0.15) is 0 Å². The van der Waals surface area contributed by atoms with Crippen molar-refractivity contribution in [2.45, 2.75) is 5.75 Å². The number of anilines is 1. The van der Waals surface area contributed by atoms with Crippen molar-refractivity contribution in [1.82, 2.24) is 0 Å². The standard InChI is InChI=1S/C8H9FINO2S/c1-14(12,13)4-5-2-6(9)8(11)7(10)3-5/h2-3H,4,11H2,1H3. The van der Waals surface area contributed by atoms with Crippen molar-refractivity contribution in [1.29, 1.82) is 0 Å². The topological polar surface area (TPSA) is 60.2 Å². The van der Waals surface area contributed by atoms with E-state index in [4.69, 9.17) is 5.73 Å². The van der Waals surface area contributed by atoms with E-state index in [-0.39, 0.29) is 11.4 Å². The summed E-state index contributed by atoms with van der Waals surface area (Å²) in [6.07, 6.45) is 1.11. The van der Waals surface area contributed by atoms with Crippen LogP contribution < -0.4 is 5.73 Å². The molecule has 0 atom stereocenters. The summed E-state index contributed by atoms with van der Waals surface area (Å²) in [5.41, 5.74) is 5.86. The first-order valence-corrected chi connectivity index (χ1v) is 6.84. The van der Waals surface area contributed by atoms with Crippen molar-refractivity contribution >= 4 is 38.1 Å². The fourth-order valence-electron chi connectivity index (χ4n) is 1.02. The lowest BCUT2D eigenvalue weighted by Crippen LogP contribution is -2.03. The zero-order valence-corrected chi connectivity index (χ0v) is 10.4. The van der Waals surface area contributed by atoms with Crippen LogP contribution in [-0.4, -0.2) is 14.7 Å². The van der Waals surface area contributed by atoms with Crippen molar-refractivity contribution in [3.8, 4) is 0 Å². The van der Waals surface area contributed by atoms with Gasteiger partial charge in [0.2, 0.25) is 0 Å². The Kier molecular flexibility index (Phi) is 3.36. The van der Waals surface area contributed by atoms with Crippen LogP contribution in [-0.2, 0) is 15.6 Å². The third kappa shape index (κ3) is 3.09. The first-order chi connectivity index (χ1) is 6.29. The molecule has 6 heteroatoms. The van der Waals surface area contributed by atoms with Gasteiger partial charge in [-0.15, -0.1) is 0 Å². The van der Waals surface area contributed by atoms with E-state index in [9.17, 15) is 12.8 Å². The summed E-state index contributed by atoms with van der Waals surface area (Å²) in [7, 11) is -3.13. The molecule has 2 N–H and O–H groups in total. The molecule has 0 aliphatic rings. The Morgan fingerprint density at radius 1 is 1.50 bits per heavy atom. The highest BCUT2D eigenvalue weighted by Gasteiger charge is 2.09. The van der Waals surface area contributed by atoms with Crippen LogP contribution in [0.25, 0.3) is 0 Å². The molecule has 3 nitrogen and oxygen atoms in total. The van der Waals surface area contributed by atoms with Gasteiger partial charge in [0, 0.05) is 9.83 Å². The summed E-state index contributed by atoms with van der Waals surface area (Å²) in [6.45, 7) is 0. The summed E-state index contributed by atoms with van der Waals surface area (Å²) in [5.74, 6) is -0.740. The molecular weight excluding hydrogens is 320 g/mol. The lowest BCUT2D eigenvalue weighted by molar-refractivity contribution is 0.600. The summed E-state index contributed by atoms with van der Waals surface area (Å²) < 4.78 is 35.5. The van der Waals surface area contributed by atoms with E-state index >= 15 is 0 Å². The molecule has 1 aromatic carbocycles. The van der Waals surface area contributed by atoms with E-state index in [1.165, 1.54) is 0 Å². The number of benzene rings is 1. The molecule has 14 heavy (non-hydrogen) atoms. The molecule has 0 saturated carbocycles. The number of nitrogens with two attached hydrogens (primary N) is 1. The molecule has 0 aliphatic heterocycles. The minimum atomic E-state index is -3.13. The van der Waals surface area contributed by atoms with E-state index in [1.54, 1.807) is 6.07 Å². The Bertz CT molecular complexity index is 435. The largest absolute Gasteiger partial charge is 0.395 e. The van der Waals surface area contributed by atoms with Crippen LogP contribution in [0.3, 0.4) is 0 Å². The molecule has 0 heterocycles. The van der Waals surface area contributed by atoms with Crippen LogP contribution >= 0.6 is 22.6 Å². The van der Waals surface area contributed by atoms with E-state index in [2.05, 4.69) is 0 Å². The lowest BCUT2D eigenvalue weighted by Gasteiger charge is -2.04. The summed E-state index contributed by atoms with van der Waals surface area (Å²) in [6, 6.07) is 2.72. The molecule has 1 rings (SSSR count). The Hall–Kier alpha value is -0.370. The molecular formula is C8H9FINO2S. The molecule has 0 spiro atoms. The maximum atomic E-state index is 13.1. The van der Waals surface area contributed by atoms with Gasteiger partial charge in [0.1, 0.15) is 5.82 Å². The van der Waals surface area contributed by atoms with Crippen molar-refractivity contribution in [2.24, 2.45) is 0 Å². The highest BCUT2D eigenvalue weighted by atomic mass is 127. The number of rotatable bonds is 2. The average Bonchev–Trinajstić information content (AvgIpc) is 1.96. The van der Waals surface area contributed by atoms with Crippen LogP contribution in [0.1, 0.15) is 5.56 Å². The number of sulfone groups is 1. The third-order valence-corrected chi connectivity index (χ3v) is 3.32. The van der Waals surface area contributed by atoms with Crippen molar-refractivity contribution in [3.05, 3.63) is 27.1 Å². The molecule has 0 unspecified atom stereocenters. The van der Waals surface area contributed by atoms with E-state index in [0.717, 1.165) is 12.3 Å². The fourth-order valence-corrected chi connectivity index (χ4v) is 2.45. The van der Waals surface area contributed by atoms with Crippen LogP contribution in [0, 0.1) is 9.39 Å². The molecule has 78 valence electrons. The Morgan fingerprint density at radius 3 is 2.50 bits per heavy atom. The quantitative estimate of drug-likeness (QED) is 0.662.